The van der Waals surface area contributed by atoms with E-state index in [1.165, 1.54) is 6.92 Å². The van der Waals surface area contributed by atoms with E-state index in [1.807, 2.05) is 44.5 Å². The number of nitrogens with zero attached hydrogens (tertiary/aromatic N) is 6. The van der Waals surface area contributed by atoms with E-state index in [0.29, 0.717) is 29.8 Å². The number of benzene rings is 1. The number of hydrogen-bond donors (Lipinski definition) is 0. The molecule has 1 aliphatic rings. The van der Waals surface area contributed by atoms with Crippen LogP contribution in [-0.2, 0) is 17.5 Å². The zero-order chi connectivity index (χ0) is 24.6. The fourth-order valence-corrected chi connectivity index (χ4v) is 4.61. The molecule has 0 spiro atoms. The van der Waals surface area contributed by atoms with Crippen molar-refractivity contribution in [2.24, 2.45) is 12.0 Å². The number of carbonyl (C=O) groups is 1. The maximum atomic E-state index is 16.0. The monoisotopic (exact) mass is 460 g/mol. The lowest BCUT2D eigenvalue weighted by Gasteiger charge is -2.35. The number of amides is 1. The number of nitriles is 1. The van der Waals surface area contributed by atoms with Gasteiger partial charge >= 0.3 is 0 Å². The van der Waals surface area contributed by atoms with E-state index in [1.54, 1.807) is 23.2 Å². The summed E-state index contributed by atoms with van der Waals surface area (Å²) < 4.78 is 17.9. The number of pyridine rings is 1. The summed E-state index contributed by atoms with van der Waals surface area (Å²) in [7, 11) is 1.90. The lowest BCUT2D eigenvalue weighted by atomic mass is 9.89. The SMILES string of the molecule is CC(=O)N1CCC(F)(c2cc3/c(=N/[C@H](C)c4cccc(C#N)c4C)nc(C)n(C)c3cn2)CC1. The van der Waals surface area contributed by atoms with Gasteiger partial charge in [-0.15, -0.1) is 0 Å². The van der Waals surface area contributed by atoms with Crippen LogP contribution < -0.4 is 5.49 Å². The molecule has 0 bridgehead atoms. The summed E-state index contributed by atoms with van der Waals surface area (Å²) >= 11 is 0. The first-order chi connectivity index (χ1) is 16.1. The van der Waals surface area contributed by atoms with E-state index in [-0.39, 0.29) is 24.8 Å². The molecule has 34 heavy (non-hydrogen) atoms. The van der Waals surface area contributed by atoms with Gasteiger partial charge in [-0.3, -0.25) is 14.8 Å². The van der Waals surface area contributed by atoms with Gasteiger partial charge in [0.25, 0.3) is 0 Å². The highest BCUT2D eigenvalue weighted by Crippen LogP contribution is 2.36. The molecular formula is C26H29FN6O. The summed E-state index contributed by atoms with van der Waals surface area (Å²) in [6.45, 7) is 8.03. The third-order valence-corrected chi connectivity index (χ3v) is 6.96. The number of carbonyl (C=O) groups excluding carboxylic acids is 1. The summed E-state index contributed by atoms with van der Waals surface area (Å²) in [5.41, 5.74) is 2.54. The zero-order valence-corrected chi connectivity index (χ0v) is 20.3. The number of likely N-dealkylation sites (tertiary alicyclic amines) is 1. The van der Waals surface area contributed by atoms with Crippen LogP contribution >= 0.6 is 0 Å². The van der Waals surface area contributed by atoms with Gasteiger partial charge in [0.05, 0.1) is 35.1 Å². The van der Waals surface area contributed by atoms with Crippen molar-refractivity contribution < 1.29 is 9.18 Å². The fraction of sp³-hybridized carbons (Fsp3) is 0.423. The van der Waals surface area contributed by atoms with Crippen LogP contribution in [0.25, 0.3) is 10.9 Å². The number of fused-ring (bicyclic) bond motifs is 1. The van der Waals surface area contributed by atoms with Crippen LogP contribution in [0, 0.1) is 25.2 Å². The minimum absolute atomic E-state index is 0.0361. The Kier molecular flexibility index (Phi) is 6.22. The van der Waals surface area contributed by atoms with Crippen LogP contribution in [0.5, 0.6) is 0 Å². The number of hydrogen-bond acceptors (Lipinski definition) is 5. The highest BCUT2D eigenvalue weighted by Gasteiger charge is 2.38. The molecule has 3 heterocycles. The van der Waals surface area contributed by atoms with Crippen LogP contribution in [0.2, 0.25) is 0 Å². The Bertz CT molecular complexity index is 1380. The molecule has 1 aliphatic heterocycles. The normalized spacial score (nSPS) is 17.0. The predicted molar refractivity (Wildman–Crippen MR) is 127 cm³/mol. The van der Waals surface area contributed by atoms with E-state index in [9.17, 15) is 10.1 Å². The number of rotatable bonds is 3. The standard InChI is InChI=1S/C26H29FN6O/c1-16-20(14-28)7-6-8-21(16)17(2)30-25-22-13-24(29-15-23(22)32(5)18(3)31-25)26(27)9-11-33(12-10-26)19(4)34/h6-8,13,15,17H,9-12H2,1-5H3/b30-25-/t17-/m1/s1. The number of halogens is 1. The molecule has 0 unspecified atom stereocenters. The Balaban J connectivity index is 1.82. The lowest BCUT2D eigenvalue weighted by molar-refractivity contribution is -0.131. The van der Waals surface area contributed by atoms with Crippen molar-refractivity contribution in [1.82, 2.24) is 19.4 Å². The minimum atomic E-state index is -1.61. The molecule has 4 rings (SSSR count). The zero-order valence-electron chi connectivity index (χ0n) is 20.3. The molecule has 3 aromatic rings. The number of aromatic nitrogens is 3. The summed E-state index contributed by atoms with van der Waals surface area (Å²) in [6.07, 6.45) is 2.10. The van der Waals surface area contributed by atoms with Gasteiger partial charge in [0.1, 0.15) is 5.82 Å². The first-order valence-corrected chi connectivity index (χ1v) is 11.5. The molecule has 0 radical (unpaired) electrons. The third kappa shape index (κ3) is 4.18. The largest absolute Gasteiger partial charge is 0.343 e. The Morgan fingerprint density at radius 3 is 2.65 bits per heavy atom. The first-order valence-electron chi connectivity index (χ1n) is 11.5. The van der Waals surface area contributed by atoms with Crippen molar-refractivity contribution in [3.63, 3.8) is 0 Å². The summed E-state index contributed by atoms with van der Waals surface area (Å²) in [4.78, 5) is 27.4. The van der Waals surface area contributed by atoms with Gasteiger partial charge in [-0.1, -0.05) is 12.1 Å². The van der Waals surface area contributed by atoms with Crippen LogP contribution in [0.4, 0.5) is 4.39 Å². The third-order valence-electron chi connectivity index (χ3n) is 6.96. The summed E-state index contributed by atoms with van der Waals surface area (Å²) in [5, 5.41) is 10.1. The van der Waals surface area contributed by atoms with E-state index in [4.69, 9.17) is 9.98 Å². The highest BCUT2D eigenvalue weighted by molar-refractivity contribution is 5.78. The van der Waals surface area contributed by atoms with Crippen LogP contribution in [0.15, 0.2) is 35.5 Å². The second-order valence-electron chi connectivity index (χ2n) is 9.04. The van der Waals surface area contributed by atoms with Gasteiger partial charge in [-0.05, 0) is 44.0 Å². The van der Waals surface area contributed by atoms with Crippen molar-refractivity contribution in [2.45, 2.75) is 52.2 Å². The topological polar surface area (TPSA) is 87.2 Å². The predicted octanol–water partition coefficient (Wildman–Crippen LogP) is 3.93. The molecule has 0 N–H and O–H groups in total. The van der Waals surface area contributed by atoms with Crippen molar-refractivity contribution in [3.05, 3.63) is 64.2 Å². The van der Waals surface area contributed by atoms with Crippen LogP contribution in [-0.4, -0.2) is 38.4 Å². The van der Waals surface area contributed by atoms with Gasteiger partial charge in [-0.25, -0.2) is 9.37 Å². The van der Waals surface area contributed by atoms with E-state index in [2.05, 4.69) is 11.1 Å². The molecule has 7 nitrogen and oxygen atoms in total. The quantitative estimate of drug-likeness (QED) is 0.593. The van der Waals surface area contributed by atoms with E-state index in [0.717, 1.165) is 27.9 Å². The Morgan fingerprint density at radius 2 is 2.00 bits per heavy atom. The molecule has 1 atom stereocenters. The van der Waals surface area contributed by atoms with Crippen molar-refractivity contribution in [1.29, 1.82) is 5.26 Å². The summed E-state index contributed by atoms with van der Waals surface area (Å²) in [5.74, 6) is 0.728. The van der Waals surface area contributed by atoms with Crippen molar-refractivity contribution >= 4 is 16.8 Å². The molecular weight excluding hydrogens is 431 g/mol. The number of aryl methyl sites for hydroxylation is 2. The van der Waals surface area contributed by atoms with Crippen LogP contribution in [0.1, 0.15) is 60.9 Å². The maximum Gasteiger partial charge on any atom is 0.219 e. The Labute approximate surface area is 198 Å². The van der Waals surface area contributed by atoms with E-state index < -0.39 is 5.67 Å². The summed E-state index contributed by atoms with van der Waals surface area (Å²) in [6, 6.07) is 9.36. The lowest BCUT2D eigenvalue weighted by Crippen LogP contribution is -2.42. The average molecular weight is 461 g/mol. The molecule has 1 fully saturated rings. The Hall–Kier alpha value is -3.60. The molecule has 1 aromatic carbocycles. The van der Waals surface area contributed by atoms with Gasteiger partial charge in [0.15, 0.2) is 11.2 Å². The highest BCUT2D eigenvalue weighted by atomic mass is 19.1. The molecule has 1 saturated heterocycles. The van der Waals surface area contributed by atoms with Crippen LogP contribution in [0.3, 0.4) is 0 Å². The van der Waals surface area contributed by atoms with Gasteiger partial charge in [0.2, 0.25) is 5.91 Å². The minimum Gasteiger partial charge on any atom is -0.343 e. The van der Waals surface area contributed by atoms with Gasteiger partial charge in [0, 0.05) is 45.3 Å². The molecule has 8 heteroatoms. The molecule has 176 valence electrons. The van der Waals surface area contributed by atoms with Crippen molar-refractivity contribution in [2.75, 3.05) is 13.1 Å². The molecule has 0 aliphatic carbocycles. The van der Waals surface area contributed by atoms with E-state index >= 15 is 4.39 Å². The molecule has 0 saturated carbocycles. The molecule has 2 aromatic heterocycles. The van der Waals surface area contributed by atoms with Crippen molar-refractivity contribution in [3.8, 4) is 6.07 Å². The number of piperidine rings is 1. The van der Waals surface area contributed by atoms with Gasteiger partial charge in [-0.2, -0.15) is 5.26 Å². The maximum absolute atomic E-state index is 16.0. The average Bonchev–Trinajstić information content (AvgIpc) is 2.82. The fourth-order valence-electron chi connectivity index (χ4n) is 4.61. The Morgan fingerprint density at radius 1 is 1.29 bits per heavy atom. The number of alkyl halides is 1. The smallest absolute Gasteiger partial charge is 0.219 e. The molecule has 1 amide bonds. The second kappa shape index (κ2) is 8.98. The first kappa shape index (κ1) is 23.6. The second-order valence-corrected chi connectivity index (χ2v) is 9.04. The van der Waals surface area contributed by atoms with Gasteiger partial charge < -0.3 is 9.47 Å².